The fourth-order valence-corrected chi connectivity index (χ4v) is 1.57. The molecule has 7 heteroatoms. The normalized spacial score (nSPS) is 10.3. The van der Waals surface area contributed by atoms with Gasteiger partial charge in [0.05, 0.1) is 17.8 Å². The first-order chi connectivity index (χ1) is 9.58. The number of aliphatic carboxylic acids is 1. The molecule has 1 aromatic carbocycles. The average molecular weight is 275 g/mol. The predicted octanol–water partition coefficient (Wildman–Crippen LogP) is 1.96. The molecule has 20 heavy (non-hydrogen) atoms. The maximum Gasteiger partial charge on any atom is 0.314 e. The van der Waals surface area contributed by atoms with Crippen molar-refractivity contribution in [2.45, 2.75) is 13.3 Å². The summed E-state index contributed by atoms with van der Waals surface area (Å²) in [5.74, 6) is -0.935. The van der Waals surface area contributed by atoms with E-state index in [9.17, 15) is 9.59 Å². The standard InChI is InChI=1S/C13H13N3O4/c1-9(2-5-13(18)19)11-4-3-10(16-20-7-14)6-12(11)15-8-17/h2-4,6,8,16H,5H2,1H3,(H,15,17)(H,18,19)/b9-2-. The molecule has 0 atom stereocenters. The minimum atomic E-state index is -0.935. The predicted molar refractivity (Wildman–Crippen MR) is 72.4 cm³/mol. The van der Waals surface area contributed by atoms with Crippen LogP contribution in [0.1, 0.15) is 18.9 Å². The van der Waals surface area contributed by atoms with Crippen LogP contribution in [0.4, 0.5) is 11.4 Å². The number of nitriles is 1. The van der Waals surface area contributed by atoms with Gasteiger partial charge in [-0.3, -0.25) is 9.59 Å². The smallest absolute Gasteiger partial charge is 0.314 e. The number of carboxylic acids is 1. The number of nitrogens with one attached hydrogen (secondary N) is 2. The minimum absolute atomic E-state index is 0.107. The number of hydrogen-bond acceptors (Lipinski definition) is 5. The summed E-state index contributed by atoms with van der Waals surface area (Å²) < 4.78 is 0. The molecule has 0 aromatic heterocycles. The molecule has 1 rings (SSSR count). The minimum Gasteiger partial charge on any atom is -0.481 e. The summed E-state index contributed by atoms with van der Waals surface area (Å²) in [4.78, 5) is 25.5. The first kappa shape index (κ1) is 15.0. The number of carboxylic acid groups (broad SMARTS) is 1. The summed E-state index contributed by atoms with van der Waals surface area (Å²) in [5.41, 5.74) is 4.73. The number of amides is 1. The lowest BCUT2D eigenvalue weighted by molar-refractivity contribution is -0.136. The van der Waals surface area contributed by atoms with E-state index in [2.05, 4.69) is 15.6 Å². The van der Waals surface area contributed by atoms with E-state index in [1.54, 1.807) is 31.2 Å². The first-order valence-electron chi connectivity index (χ1n) is 5.62. The van der Waals surface area contributed by atoms with Crippen LogP contribution in [0.5, 0.6) is 0 Å². The van der Waals surface area contributed by atoms with Crippen LogP contribution < -0.4 is 10.8 Å². The Morgan fingerprint density at radius 3 is 2.90 bits per heavy atom. The molecular formula is C13H13N3O4. The van der Waals surface area contributed by atoms with Gasteiger partial charge in [0.25, 0.3) is 0 Å². The zero-order valence-corrected chi connectivity index (χ0v) is 10.7. The molecule has 0 aliphatic carbocycles. The second-order valence-electron chi connectivity index (χ2n) is 3.80. The topological polar surface area (TPSA) is 111 Å². The summed E-state index contributed by atoms with van der Waals surface area (Å²) in [6.45, 7) is 1.74. The van der Waals surface area contributed by atoms with E-state index in [-0.39, 0.29) is 6.42 Å². The highest BCUT2D eigenvalue weighted by Gasteiger charge is 2.06. The van der Waals surface area contributed by atoms with Gasteiger partial charge >= 0.3 is 12.2 Å². The third kappa shape index (κ3) is 4.34. The van der Waals surface area contributed by atoms with Gasteiger partial charge in [-0.15, -0.1) is 5.26 Å². The lowest BCUT2D eigenvalue weighted by atomic mass is 10.0. The number of nitrogens with zero attached hydrogens (tertiary/aromatic N) is 1. The second-order valence-corrected chi connectivity index (χ2v) is 3.80. The Morgan fingerprint density at radius 2 is 2.30 bits per heavy atom. The molecule has 0 saturated heterocycles. The fraction of sp³-hybridized carbons (Fsp3) is 0.154. The van der Waals surface area contributed by atoms with Gasteiger partial charge < -0.3 is 15.3 Å². The third-order valence-corrected chi connectivity index (χ3v) is 2.46. The van der Waals surface area contributed by atoms with E-state index in [0.29, 0.717) is 28.9 Å². The number of anilines is 2. The van der Waals surface area contributed by atoms with Crippen molar-refractivity contribution in [1.29, 1.82) is 5.26 Å². The lowest BCUT2D eigenvalue weighted by Crippen LogP contribution is -2.01. The van der Waals surface area contributed by atoms with Crippen LogP contribution in [0.2, 0.25) is 0 Å². The van der Waals surface area contributed by atoms with Gasteiger partial charge in [-0.25, -0.2) is 5.48 Å². The van der Waals surface area contributed by atoms with Crippen LogP contribution in [-0.4, -0.2) is 17.5 Å². The summed E-state index contributed by atoms with van der Waals surface area (Å²) in [7, 11) is 0. The Balaban J connectivity index is 3.06. The monoisotopic (exact) mass is 275 g/mol. The SMILES string of the molecule is C/C(=C/CC(=O)O)c1ccc(NOC#N)cc1NC=O. The van der Waals surface area contributed by atoms with E-state index in [1.165, 1.54) is 6.26 Å². The van der Waals surface area contributed by atoms with Crippen molar-refractivity contribution in [3.05, 3.63) is 29.8 Å². The third-order valence-electron chi connectivity index (χ3n) is 2.46. The summed E-state index contributed by atoms with van der Waals surface area (Å²) in [6.07, 6.45) is 3.41. The zero-order valence-electron chi connectivity index (χ0n) is 10.7. The molecular weight excluding hydrogens is 262 g/mol. The number of benzene rings is 1. The number of rotatable bonds is 7. The van der Waals surface area contributed by atoms with Gasteiger partial charge in [0.2, 0.25) is 6.41 Å². The van der Waals surface area contributed by atoms with Crippen molar-refractivity contribution in [2.24, 2.45) is 0 Å². The van der Waals surface area contributed by atoms with Crippen molar-refractivity contribution < 1.29 is 19.5 Å². The molecule has 0 fully saturated rings. The molecule has 0 heterocycles. The Morgan fingerprint density at radius 1 is 1.55 bits per heavy atom. The molecule has 0 radical (unpaired) electrons. The average Bonchev–Trinajstić information content (AvgIpc) is 2.43. The van der Waals surface area contributed by atoms with Gasteiger partial charge in [-0.05, 0) is 24.6 Å². The Hall–Kier alpha value is -3.01. The number of carbonyl (C=O) groups is 2. The highest BCUT2D eigenvalue weighted by Crippen LogP contribution is 2.27. The summed E-state index contributed by atoms with van der Waals surface area (Å²) in [6, 6.07) is 4.89. The molecule has 1 aromatic rings. The van der Waals surface area contributed by atoms with Crippen LogP contribution in [0.3, 0.4) is 0 Å². The number of allylic oxidation sites excluding steroid dienone is 1. The highest BCUT2D eigenvalue weighted by molar-refractivity contribution is 5.85. The molecule has 0 bridgehead atoms. The number of hydrogen-bond donors (Lipinski definition) is 3. The van der Waals surface area contributed by atoms with Crippen molar-refractivity contribution >= 4 is 29.3 Å². The largest absolute Gasteiger partial charge is 0.481 e. The van der Waals surface area contributed by atoms with E-state index >= 15 is 0 Å². The van der Waals surface area contributed by atoms with E-state index in [4.69, 9.17) is 10.4 Å². The molecule has 1 amide bonds. The van der Waals surface area contributed by atoms with Crippen LogP contribution in [0, 0.1) is 11.5 Å². The van der Waals surface area contributed by atoms with Gasteiger partial charge in [-0.2, -0.15) is 0 Å². The quantitative estimate of drug-likeness (QED) is 0.398. The molecule has 0 aliphatic rings. The maximum atomic E-state index is 10.6. The van der Waals surface area contributed by atoms with Crippen molar-refractivity contribution in [3.8, 4) is 6.26 Å². The van der Waals surface area contributed by atoms with Crippen LogP contribution in [0.25, 0.3) is 5.57 Å². The second kappa shape index (κ2) is 7.43. The Bertz CT molecular complexity index is 575. The maximum absolute atomic E-state index is 10.6. The Labute approximate surface area is 115 Å². The highest BCUT2D eigenvalue weighted by atomic mass is 16.6. The molecule has 104 valence electrons. The van der Waals surface area contributed by atoms with Crippen molar-refractivity contribution in [3.63, 3.8) is 0 Å². The van der Waals surface area contributed by atoms with Gasteiger partial charge in [0, 0.05) is 5.56 Å². The van der Waals surface area contributed by atoms with E-state index in [0.717, 1.165) is 0 Å². The molecule has 3 N–H and O–H groups in total. The van der Waals surface area contributed by atoms with Crippen molar-refractivity contribution in [1.82, 2.24) is 0 Å². The van der Waals surface area contributed by atoms with Gasteiger partial charge in [0.1, 0.15) is 0 Å². The molecule has 7 nitrogen and oxygen atoms in total. The van der Waals surface area contributed by atoms with E-state index < -0.39 is 5.97 Å². The van der Waals surface area contributed by atoms with Crippen molar-refractivity contribution in [2.75, 3.05) is 10.8 Å². The lowest BCUT2D eigenvalue weighted by Gasteiger charge is -2.11. The van der Waals surface area contributed by atoms with Crippen LogP contribution in [-0.2, 0) is 14.4 Å². The van der Waals surface area contributed by atoms with Gasteiger partial charge in [-0.1, -0.05) is 12.1 Å². The molecule has 0 spiro atoms. The zero-order chi connectivity index (χ0) is 15.0. The summed E-state index contributed by atoms with van der Waals surface area (Å²) in [5, 5.41) is 19.5. The molecule has 0 aliphatic heterocycles. The fourth-order valence-electron chi connectivity index (χ4n) is 1.57. The van der Waals surface area contributed by atoms with Gasteiger partial charge in [0.15, 0.2) is 0 Å². The molecule has 0 saturated carbocycles. The number of carbonyl (C=O) groups excluding carboxylic acids is 1. The summed E-state index contributed by atoms with van der Waals surface area (Å²) >= 11 is 0. The molecule has 0 unspecified atom stereocenters. The first-order valence-corrected chi connectivity index (χ1v) is 5.62. The van der Waals surface area contributed by atoms with Crippen LogP contribution >= 0.6 is 0 Å². The Kier molecular flexibility index (Phi) is 5.59. The van der Waals surface area contributed by atoms with E-state index in [1.807, 2.05) is 0 Å². The van der Waals surface area contributed by atoms with Crippen LogP contribution in [0.15, 0.2) is 24.3 Å².